The highest BCUT2D eigenvalue weighted by Gasteiger charge is 2.15. The molecule has 0 radical (unpaired) electrons. The number of benzene rings is 2. The third-order valence-corrected chi connectivity index (χ3v) is 3.82. The van der Waals surface area contributed by atoms with E-state index in [4.69, 9.17) is 11.6 Å². The molecule has 3 rings (SSSR count). The lowest BCUT2D eigenvalue weighted by atomic mass is 10.1. The van der Waals surface area contributed by atoms with Gasteiger partial charge in [0.25, 0.3) is 0 Å². The minimum Gasteiger partial charge on any atom is -0.380 e. The molecular formula is C14H10BrClN2O. The Kier molecular flexibility index (Phi) is 3.31. The second kappa shape index (κ2) is 4.96. The van der Waals surface area contributed by atoms with Gasteiger partial charge in [0.2, 0.25) is 0 Å². The second-order valence-electron chi connectivity index (χ2n) is 4.21. The smallest absolute Gasteiger partial charge is 0.140 e. The number of nitrogens with zero attached hydrogens (tertiary/aromatic N) is 1. The van der Waals surface area contributed by atoms with Gasteiger partial charge in [0.1, 0.15) is 17.4 Å². The van der Waals surface area contributed by atoms with Crippen LogP contribution in [-0.2, 0) is 0 Å². The van der Waals surface area contributed by atoms with Gasteiger partial charge in [-0.3, -0.25) is 0 Å². The minimum atomic E-state index is -0.795. The number of hydrogen-bond acceptors (Lipinski definition) is 2. The average molecular weight is 338 g/mol. The van der Waals surface area contributed by atoms with Gasteiger partial charge in [0.05, 0.1) is 5.52 Å². The molecule has 2 N–H and O–H groups in total. The summed E-state index contributed by atoms with van der Waals surface area (Å²) in [6.45, 7) is 0. The Morgan fingerprint density at radius 3 is 2.58 bits per heavy atom. The number of para-hydroxylation sites is 1. The Bertz CT molecular complexity index is 724. The van der Waals surface area contributed by atoms with E-state index < -0.39 is 6.10 Å². The summed E-state index contributed by atoms with van der Waals surface area (Å²) in [7, 11) is 0. The van der Waals surface area contributed by atoms with Crippen LogP contribution in [0.2, 0.25) is 5.02 Å². The van der Waals surface area contributed by atoms with Gasteiger partial charge in [-0.25, -0.2) is 4.98 Å². The summed E-state index contributed by atoms with van der Waals surface area (Å²) in [5.74, 6) is 0.518. The second-order valence-corrected chi connectivity index (χ2v) is 5.50. The van der Waals surface area contributed by atoms with Crippen molar-refractivity contribution in [3.63, 3.8) is 0 Å². The van der Waals surface area contributed by atoms with Gasteiger partial charge in [0.15, 0.2) is 0 Å². The van der Waals surface area contributed by atoms with E-state index in [1.54, 1.807) is 24.3 Å². The van der Waals surface area contributed by atoms with Crippen molar-refractivity contribution in [2.24, 2.45) is 0 Å². The zero-order valence-electron chi connectivity index (χ0n) is 9.77. The predicted octanol–water partition coefficient (Wildman–Crippen LogP) is 4.06. The molecule has 2 aromatic carbocycles. The number of nitrogens with one attached hydrogen (secondary N) is 1. The maximum atomic E-state index is 10.3. The van der Waals surface area contributed by atoms with Gasteiger partial charge in [-0.05, 0) is 45.8 Å². The molecule has 0 saturated carbocycles. The average Bonchev–Trinajstić information content (AvgIpc) is 2.84. The lowest BCUT2D eigenvalue weighted by Crippen LogP contribution is -2.01. The van der Waals surface area contributed by atoms with Crippen LogP contribution in [0.15, 0.2) is 46.9 Å². The quantitative estimate of drug-likeness (QED) is 0.741. The molecule has 0 saturated heterocycles. The van der Waals surface area contributed by atoms with Crippen LogP contribution in [0.4, 0.5) is 0 Å². The Morgan fingerprint density at radius 1 is 1.16 bits per heavy atom. The lowest BCUT2D eigenvalue weighted by molar-refractivity contribution is 0.211. The number of rotatable bonds is 2. The van der Waals surface area contributed by atoms with Crippen LogP contribution in [0.5, 0.6) is 0 Å². The highest BCUT2D eigenvalue weighted by Crippen LogP contribution is 2.26. The molecule has 0 fully saturated rings. The number of imidazole rings is 1. The number of halogens is 2. The Hall–Kier alpha value is -1.36. The van der Waals surface area contributed by atoms with E-state index in [9.17, 15) is 5.11 Å². The lowest BCUT2D eigenvalue weighted by Gasteiger charge is -2.07. The maximum absolute atomic E-state index is 10.3. The molecule has 3 aromatic rings. The van der Waals surface area contributed by atoms with Crippen LogP contribution >= 0.6 is 27.5 Å². The molecule has 5 heteroatoms. The van der Waals surface area contributed by atoms with Gasteiger partial charge in [-0.1, -0.05) is 29.8 Å². The van der Waals surface area contributed by atoms with Crippen molar-refractivity contribution in [1.82, 2.24) is 9.97 Å². The number of H-pyrrole nitrogens is 1. The molecular weight excluding hydrogens is 328 g/mol. The molecule has 1 aromatic heterocycles. The first-order valence-electron chi connectivity index (χ1n) is 5.73. The first-order valence-corrected chi connectivity index (χ1v) is 6.90. The van der Waals surface area contributed by atoms with E-state index >= 15 is 0 Å². The summed E-state index contributed by atoms with van der Waals surface area (Å²) in [4.78, 5) is 7.55. The van der Waals surface area contributed by atoms with Crippen LogP contribution in [-0.4, -0.2) is 15.1 Å². The number of aromatic nitrogens is 2. The van der Waals surface area contributed by atoms with Crippen LogP contribution in [0.25, 0.3) is 11.0 Å². The maximum Gasteiger partial charge on any atom is 0.140 e. The summed E-state index contributed by atoms with van der Waals surface area (Å²) in [6.07, 6.45) is -0.795. The van der Waals surface area contributed by atoms with Crippen molar-refractivity contribution in [1.29, 1.82) is 0 Å². The Morgan fingerprint density at radius 2 is 1.89 bits per heavy atom. The van der Waals surface area contributed by atoms with Gasteiger partial charge >= 0.3 is 0 Å². The molecule has 1 heterocycles. The molecule has 0 aliphatic carbocycles. The van der Waals surface area contributed by atoms with E-state index in [1.165, 1.54) is 0 Å². The van der Waals surface area contributed by atoms with Gasteiger partial charge in [0, 0.05) is 9.50 Å². The zero-order valence-corrected chi connectivity index (χ0v) is 12.1. The van der Waals surface area contributed by atoms with E-state index in [-0.39, 0.29) is 0 Å². The number of aromatic amines is 1. The summed E-state index contributed by atoms with van der Waals surface area (Å²) in [5.41, 5.74) is 2.45. The van der Waals surface area contributed by atoms with Gasteiger partial charge in [-0.2, -0.15) is 0 Å². The van der Waals surface area contributed by atoms with Crippen molar-refractivity contribution in [2.75, 3.05) is 0 Å². The molecule has 0 aliphatic rings. The van der Waals surface area contributed by atoms with Crippen molar-refractivity contribution in [2.45, 2.75) is 6.10 Å². The van der Waals surface area contributed by atoms with Crippen molar-refractivity contribution in [3.8, 4) is 0 Å². The molecule has 0 amide bonds. The molecule has 19 heavy (non-hydrogen) atoms. The molecule has 0 spiro atoms. The standard InChI is InChI=1S/C14H10BrClN2O/c15-10-2-1-3-11-12(10)18-14(17-11)13(19)8-4-6-9(16)7-5-8/h1-7,13,19H,(H,17,18). The largest absolute Gasteiger partial charge is 0.380 e. The number of aliphatic hydroxyl groups excluding tert-OH is 1. The summed E-state index contributed by atoms with van der Waals surface area (Å²) in [6, 6.07) is 12.8. The number of fused-ring (bicyclic) bond motifs is 1. The SMILES string of the molecule is OC(c1ccc(Cl)cc1)c1nc2c(Br)cccc2[nH]1. The highest BCUT2D eigenvalue weighted by molar-refractivity contribution is 9.10. The third-order valence-electron chi connectivity index (χ3n) is 2.93. The fourth-order valence-electron chi connectivity index (χ4n) is 1.95. The van der Waals surface area contributed by atoms with Gasteiger partial charge in [-0.15, -0.1) is 0 Å². The summed E-state index contributed by atoms with van der Waals surface area (Å²) < 4.78 is 0.899. The monoisotopic (exact) mass is 336 g/mol. The summed E-state index contributed by atoms with van der Waals surface area (Å²) in [5, 5.41) is 11.0. The van der Waals surface area contributed by atoms with E-state index in [2.05, 4.69) is 25.9 Å². The zero-order chi connectivity index (χ0) is 13.4. The van der Waals surface area contributed by atoms with Gasteiger partial charge < -0.3 is 10.1 Å². The Balaban J connectivity index is 2.04. The number of hydrogen-bond donors (Lipinski definition) is 2. The first-order chi connectivity index (χ1) is 9.15. The topological polar surface area (TPSA) is 48.9 Å². The van der Waals surface area contributed by atoms with Crippen LogP contribution in [0, 0.1) is 0 Å². The minimum absolute atomic E-state index is 0.518. The molecule has 3 nitrogen and oxygen atoms in total. The van der Waals surface area contributed by atoms with Crippen LogP contribution in [0.1, 0.15) is 17.5 Å². The summed E-state index contributed by atoms with van der Waals surface area (Å²) >= 11 is 9.28. The van der Waals surface area contributed by atoms with E-state index in [1.807, 2.05) is 18.2 Å². The molecule has 1 unspecified atom stereocenters. The Labute approximate surface area is 123 Å². The fraction of sp³-hybridized carbons (Fsp3) is 0.0714. The fourth-order valence-corrected chi connectivity index (χ4v) is 2.53. The number of aliphatic hydroxyl groups is 1. The van der Waals surface area contributed by atoms with Crippen LogP contribution in [0.3, 0.4) is 0 Å². The van der Waals surface area contributed by atoms with Crippen LogP contribution < -0.4 is 0 Å². The highest BCUT2D eigenvalue weighted by atomic mass is 79.9. The first kappa shape index (κ1) is 12.7. The predicted molar refractivity (Wildman–Crippen MR) is 79.3 cm³/mol. The van der Waals surface area contributed by atoms with Crippen molar-refractivity contribution in [3.05, 3.63) is 63.3 Å². The molecule has 0 aliphatic heterocycles. The van der Waals surface area contributed by atoms with E-state index in [0.717, 1.165) is 21.1 Å². The van der Waals surface area contributed by atoms with Crippen molar-refractivity contribution < 1.29 is 5.11 Å². The molecule has 96 valence electrons. The van der Waals surface area contributed by atoms with E-state index in [0.29, 0.717) is 10.8 Å². The molecule has 0 bridgehead atoms. The third kappa shape index (κ3) is 2.39. The normalized spacial score (nSPS) is 12.8. The van der Waals surface area contributed by atoms with Crippen molar-refractivity contribution >= 4 is 38.6 Å². The molecule has 1 atom stereocenters.